The Morgan fingerprint density at radius 3 is 2.12 bits per heavy atom. The average molecular weight is 553 g/mol. The van der Waals surface area contributed by atoms with E-state index in [0.29, 0.717) is 19.3 Å². The molecule has 8 heteroatoms. The van der Waals surface area contributed by atoms with Gasteiger partial charge in [-0.1, -0.05) is 78.9 Å². The number of rotatable bonds is 8. The number of anilines is 1. The molecule has 0 radical (unpaired) electrons. The summed E-state index contributed by atoms with van der Waals surface area (Å²) in [5.41, 5.74) is 4.53. The molecule has 0 bridgehead atoms. The van der Waals surface area contributed by atoms with Crippen LogP contribution < -0.4 is 10.6 Å². The minimum absolute atomic E-state index is 0.0432. The van der Waals surface area contributed by atoms with Crippen LogP contribution in [0.5, 0.6) is 0 Å². The summed E-state index contributed by atoms with van der Waals surface area (Å²) in [7, 11) is 0. The van der Waals surface area contributed by atoms with Crippen molar-refractivity contribution in [2.45, 2.75) is 64.2 Å². The maximum Gasteiger partial charge on any atom is 0.247 e. The molecule has 0 aliphatic carbocycles. The van der Waals surface area contributed by atoms with Crippen molar-refractivity contribution in [3.8, 4) is 0 Å². The normalized spacial score (nSPS) is 21.2. The third-order valence-corrected chi connectivity index (χ3v) is 8.17. The van der Waals surface area contributed by atoms with E-state index in [-0.39, 0.29) is 30.2 Å². The minimum atomic E-state index is -0.877. The number of carbonyl (C=O) groups is 4. The van der Waals surface area contributed by atoms with Gasteiger partial charge in [-0.05, 0) is 55.9 Å². The summed E-state index contributed by atoms with van der Waals surface area (Å²) in [5.74, 6) is -1.24. The lowest BCUT2D eigenvalue weighted by molar-refractivity contribution is -0.167. The van der Waals surface area contributed by atoms with Crippen molar-refractivity contribution in [2.24, 2.45) is 0 Å². The summed E-state index contributed by atoms with van der Waals surface area (Å²) in [4.78, 5) is 57.6. The lowest BCUT2D eigenvalue weighted by Gasteiger charge is -2.49. The van der Waals surface area contributed by atoms with Gasteiger partial charge in [0.15, 0.2) is 0 Å². The number of fused-ring (bicyclic) bond motifs is 1. The molecule has 2 saturated heterocycles. The summed E-state index contributed by atoms with van der Waals surface area (Å²) in [5, 5.41) is 5.94. The monoisotopic (exact) mass is 552 g/mol. The Morgan fingerprint density at radius 2 is 1.49 bits per heavy atom. The first-order valence-electron chi connectivity index (χ1n) is 14.1. The number of carbonyl (C=O) groups excluding carboxylic acids is 4. The van der Waals surface area contributed by atoms with Gasteiger partial charge in [0, 0.05) is 12.1 Å². The Balaban J connectivity index is 1.40. The maximum atomic E-state index is 13.9. The molecule has 2 aliphatic heterocycles. The van der Waals surface area contributed by atoms with Crippen LogP contribution in [0.4, 0.5) is 5.69 Å². The number of nitrogens with zero attached hydrogens (tertiary/aromatic N) is 2. The summed E-state index contributed by atoms with van der Waals surface area (Å²) < 4.78 is 0. The second-order valence-corrected chi connectivity index (χ2v) is 11.0. The largest absolute Gasteiger partial charge is 0.342 e. The molecule has 2 aliphatic rings. The highest BCUT2D eigenvalue weighted by Gasteiger charge is 2.51. The van der Waals surface area contributed by atoms with Crippen molar-refractivity contribution in [3.63, 3.8) is 0 Å². The highest BCUT2D eigenvalue weighted by Crippen LogP contribution is 2.27. The molecule has 8 nitrogen and oxygen atoms in total. The zero-order chi connectivity index (χ0) is 29.1. The molecule has 1 unspecified atom stereocenters. The smallest absolute Gasteiger partial charge is 0.247 e. The first-order valence-corrected chi connectivity index (χ1v) is 14.1. The Hall–Kier alpha value is -4.46. The topological polar surface area (TPSA) is 98.8 Å². The fraction of sp³-hybridized carbons (Fsp3) is 0.333. The van der Waals surface area contributed by atoms with Crippen LogP contribution >= 0.6 is 0 Å². The Kier molecular flexibility index (Phi) is 8.19. The van der Waals surface area contributed by atoms with Gasteiger partial charge in [-0.2, -0.15) is 0 Å². The SMILES string of the molecule is Cc1cccc(C)c1NC(=O)C(CCc1ccccc1)N1C[C@H]2C(=O)N[C@@H](Cc3ccccc3)C(=O)N2[C@@H](C)C1=O. The van der Waals surface area contributed by atoms with Gasteiger partial charge in [0.2, 0.25) is 23.6 Å². The summed E-state index contributed by atoms with van der Waals surface area (Å²) >= 11 is 0. The predicted octanol–water partition coefficient (Wildman–Crippen LogP) is 3.41. The molecule has 4 amide bonds. The number of nitrogens with one attached hydrogen (secondary N) is 2. The van der Waals surface area contributed by atoms with Crippen LogP contribution in [0, 0.1) is 13.8 Å². The molecule has 3 aromatic carbocycles. The first kappa shape index (κ1) is 28.1. The number of hydrogen-bond acceptors (Lipinski definition) is 4. The molecule has 0 saturated carbocycles. The van der Waals surface area contributed by atoms with Crippen LogP contribution in [0.2, 0.25) is 0 Å². The molecule has 212 valence electrons. The molecule has 2 fully saturated rings. The standard InChI is InChI=1S/C33H36N4O4/c1-21-11-10-12-22(2)29(21)35-30(38)27(18-17-24-13-6-4-7-14-24)36-20-28-31(39)34-26(19-25-15-8-5-9-16-25)33(41)37(28)23(3)32(36)40/h4-16,23,26-28H,17-20H2,1-3H3,(H,34,39)(H,35,38)/t23-,26-,27?,28-/m0/s1. The fourth-order valence-electron chi connectivity index (χ4n) is 5.92. The first-order chi connectivity index (χ1) is 19.7. The van der Waals surface area contributed by atoms with E-state index in [0.717, 1.165) is 27.9 Å². The van der Waals surface area contributed by atoms with E-state index in [2.05, 4.69) is 10.6 Å². The van der Waals surface area contributed by atoms with Crippen LogP contribution in [0.1, 0.15) is 35.6 Å². The molecule has 0 spiro atoms. The van der Waals surface area contributed by atoms with E-state index < -0.39 is 24.2 Å². The van der Waals surface area contributed by atoms with Gasteiger partial charge in [-0.15, -0.1) is 0 Å². The molecule has 3 aromatic rings. The zero-order valence-electron chi connectivity index (χ0n) is 23.7. The van der Waals surface area contributed by atoms with E-state index in [4.69, 9.17) is 0 Å². The molecular formula is C33H36N4O4. The van der Waals surface area contributed by atoms with Crippen LogP contribution in [-0.4, -0.2) is 64.1 Å². The van der Waals surface area contributed by atoms with Crippen molar-refractivity contribution in [1.82, 2.24) is 15.1 Å². The summed E-state index contributed by atoms with van der Waals surface area (Å²) in [6.45, 7) is 5.46. The van der Waals surface area contributed by atoms with Crippen molar-refractivity contribution >= 4 is 29.3 Å². The van der Waals surface area contributed by atoms with E-state index in [1.807, 2.05) is 92.7 Å². The average Bonchev–Trinajstić information content (AvgIpc) is 2.97. The van der Waals surface area contributed by atoms with Gasteiger partial charge < -0.3 is 20.4 Å². The third-order valence-electron chi connectivity index (χ3n) is 8.17. The fourth-order valence-corrected chi connectivity index (χ4v) is 5.92. The van der Waals surface area contributed by atoms with Crippen LogP contribution in [0.3, 0.4) is 0 Å². The quantitative estimate of drug-likeness (QED) is 0.448. The summed E-state index contributed by atoms with van der Waals surface area (Å²) in [6.07, 6.45) is 1.29. The van der Waals surface area contributed by atoms with Crippen molar-refractivity contribution in [1.29, 1.82) is 0 Å². The second kappa shape index (κ2) is 12.0. The second-order valence-electron chi connectivity index (χ2n) is 11.0. The maximum absolute atomic E-state index is 13.9. The van der Waals surface area contributed by atoms with Crippen LogP contribution in [-0.2, 0) is 32.0 Å². The number of para-hydroxylation sites is 1. The van der Waals surface area contributed by atoms with Gasteiger partial charge in [-0.3, -0.25) is 19.2 Å². The molecule has 5 rings (SSSR count). The lowest BCUT2D eigenvalue weighted by Crippen LogP contribution is -2.74. The van der Waals surface area contributed by atoms with Gasteiger partial charge in [0.05, 0.1) is 6.54 Å². The lowest BCUT2D eigenvalue weighted by atomic mass is 9.94. The van der Waals surface area contributed by atoms with Crippen LogP contribution in [0.25, 0.3) is 0 Å². The molecule has 0 aromatic heterocycles. The molecule has 4 atom stereocenters. The third kappa shape index (κ3) is 5.87. The van der Waals surface area contributed by atoms with Gasteiger partial charge in [0.1, 0.15) is 24.2 Å². The van der Waals surface area contributed by atoms with Gasteiger partial charge >= 0.3 is 0 Å². The van der Waals surface area contributed by atoms with Crippen molar-refractivity contribution in [2.75, 3.05) is 11.9 Å². The van der Waals surface area contributed by atoms with Crippen LogP contribution in [0.15, 0.2) is 78.9 Å². The number of aryl methyl sites for hydroxylation is 3. The highest BCUT2D eigenvalue weighted by molar-refractivity contribution is 6.04. The van der Waals surface area contributed by atoms with Gasteiger partial charge in [-0.25, -0.2) is 0 Å². The van der Waals surface area contributed by atoms with Gasteiger partial charge in [0.25, 0.3) is 0 Å². The molecule has 41 heavy (non-hydrogen) atoms. The van der Waals surface area contributed by atoms with E-state index in [9.17, 15) is 19.2 Å². The summed E-state index contributed by atoms with van der Waals surface area (Å²) in [6, 6.07) is 21.8. The highest BCUT2D eigenvalue weighted by atomic mass is 16.2. The van der Waals surface area contributed by atoms with Crippen molar-refractivity contribution in [3.05, 3.63) is 101 Å². The predicted molar refractivity (Wildman–Crippen MR) is 157 cm³/mol. The Morgan fingerprint density at radius 1 is 0.878 bits per heavy atom. The number of amides is 4. The molecule has 2 N–H and O–H groups in total. The van der Waals surface area contributed by atoms with Crippen molar-refractivity contribution < 1.29 is 19.2 Å². The van der Waals surface area contributed by atoms with E-state index >= 15 is 0 Å². The van der Waals surface area contributed by atoms with E-state index in [1.165, 1.54) is 9.80 Å². The Bertz CT molecular complexity index is 1420. The Labute approximate surface area is 240 Å². The molecular weight excluding hydrogens is 516 g/mol. The number of piperazine rings is 2. The molecule has 2 heterocycles. The number of benzene rings is 3. The number of hydrogen-bond donors (Lipinski definition) is 2. The van der Waals surface area contributed by atoms with E-state index in [1.54, 1.807) is 6.92 Å². The zero-order valence-corrected chi connectivity index (χ0v) is 23.7. The minimum Gasteiger partial charge on any atom is -0.342 e.